The second-order valence-corrected chi connectivity index (χ2v) is 5.46. The number of carbonyl (C=O) groups is 3. The first kappa shape index (κ1) is 20.8. The fraction of sp³-hybridized carbons (Fsp3) is 0.786. The summed E-state index contributed by atoms with van der Waals surface area (Å²) >= 11 is 0.766. The number of cyclic esters (lactones) is 2. The van der Waals surface area contributed by atoms with Crippen molar-refractivity contribution in [2.45, 2.75) is 0 Å². The van der Waals surface area contributed by atoms with E-state index in [1.54, 1.807) is 0 Å². The van der Waals surface area contributed by atoms with Crippen molar-refractivity contribution in [1.82, 2.24) is 0 Å². The van der Waals surface area contributed by atoms with Gasteiger partial charge < -0.3 is 28.4 Å². The molecule has 0 amide bonds. The Morgan fingerprint density at radius 2 is 1.08 bits per heavy atom. The lowest BCUT2D eigenvalue weighted by molar-refractivity contribution is -0.151. The summed E-state index contributed by atoms with van der Waals surface area (Å²) in [5, 5.41) is -0.373. The van der Waals surface area contributed by atoms with Crippen LogP contribution in [0.25, 0.3) is 0 Å². The molecule has 138 valence electrons. The molecule has 0 bridgehead atoms. The van der Waals surface area contributed by atoms with Crippen molar-refractivity contribution in [3.63, 3.8) is 0 Å². The monoisotopic (exact) mass is 366 g/mol. The van der Waals surface area contributed by atoms with Gasteiger partial charge in [-0.25, -0.2) is 4.79 Å². The topological polar surface area (TPSA) is 107 Å². The molecule has 9 nitrogen and oxygen atoms in total. The van der Waals surface area contributed by atoms with Crippen LogP contribution in [-0.2, 0) is 42.8 Å². The standard InChI is InChI=1S/C14H22O9S/c15-12-9-21-10-14(17)24-11-13(16)23-8-6-20-4-2-18-1-3-19-5-7-22-12/h1-11H2. The summed E-state index contributed by atoms with van der Waals surface area (Å²) in [5.41, 5.74) is 0. The maximum atomic E-state index is 11.5. The molecule has 0 N–H and O–H groups in total. The molecule has 0 aromatic rings. The molecule has 0 aromatic heterocycles. The van der Waals surface area contributed by atoms with E-state index < -0.39 is 11.9 Å². The third-order valence-corrected chi connectivity index (χ3v) is 3.34. The third-order valence-electron chi connectivity index (χ3n) is 2.52. The Balaban J connectivity index is 2.27. The van der Waals surface area contributed by atoms with Gasteiger partial charge in [0, 0.05) is 0 Å². The zero-order valence-corrected chi connectivity index (χ0v) is 14.2. The molecule has 1 saturated heterocycles. The first-order chi connectivity index (χ1) is 11.7. The molecule has 1 heterocycles. The zero-order chi connectivity index (χ0) is 17.5. The molecule has 0 aliphatic carbocycles. The van der Waals surface area contributed by atoms with Gasteiger partial charge in [-0.2, -0.15) is 0 Å². The van der Waals surface area contributed by atoms with E-state index >= 15 is 0 Å². The second-order valence-electron chi connectivity index (χ2n) is 4.43. The third kappa shape index (κ3) is 12.3. The molecule has 0 spiro atoms. The summed E-state index contributed by atoms with van der Waals surface area (Å²) in [6, 6.07) is 0. The SMILES string of the molecule is O=C1COCC(=O)SCC(=O)OCCOCCOCCOCCO1. The van der Waals surface area contributed by atoms with E-state index in [4.69, 9.17) is 28.4 Å². The quantitative estimate of drug-likeness (QED) is 0.516. The average molecular weight is 366 g/mol. The van der Waals surface area contributed by atoms with Gasteiger partial charge in [-0.3, -0.25) is 9.59 Å². The molecule has 1 aliphatic heterocycles. The lowest BCUT2D eigenvalue weighted by atomic mass is 10.6. The highest BCUT2D eigenvalue weighted by atomic mass is 32.2. The number of carbonyl (C=O) groups excluding carboxylic acids is 3. The van der Waals surface area contributed by atoms with E-state index in [0.29, 0.717) is 26.4 Å². The summed E-state index contributed by atoms with van der Waals surface area (Å²) in [5.74, 6) is -1.22. The molecular formula is C14H22O9S. The normalized spacial score (nSPS) is 22.1. The molecule has 1 aliphatic rings. The van der Waals surface area contributed by atoms with Gasteiger partial charge >= 0.3 is 11.9 Å². The van der Waals surface area contributed by atoms with Gasteiger partial charge in [-0.15, -0.1) is 0 Å². The van der Waals surface area contributed by atoms with E-state index in [2.05, 4.69) is 0 Å². The molecule has 24 heavy (non-hydrogen) atoms. The van der Waals surface area contributed by atoms with Crippen molar-refractivity contribution in [2.75, 3.05) is 71.8 Å². The number of ether oxygens (including phenoxy) is 6. The Morgan fingerprint density at radius 3 is 1.67 bits per heavy atom. The van der Waals surface area contributed by atoms with E-state index in [-0.39, 0.29) is 50.5 Å². The van der Waals surface area contributed by atoms with Crippen molar-refractivity contribution in [2.24, 2.45) is 0 Å². The van der Waals surface area contributed by atoms with E-state index in [0.717, 1.165) is 11.8 Å². The predicted molar refractivity (Wildman–Crippen MR) is 82.7 cm³/mol. The minimum Gasteiger partial charge on any atom is -0.463 e. The van der Waals surface area contributed by atoms with Crippen LogP contribution in [0.2, 0.25) is 0 Å². The summed E-state index contributed by atoms with van der Waals surface area (Å²) in [6.45, 7) is 1.63. The molecule has 10 heteroatoms. The molecule has 0 radical (unpaired) electrons. The molecule has 0 saturated carbocycles. The number of esters is 2. The van der Waals surface area contributed by atoms with Crippen molar-refractivity contribution in [1.29, 1.82) is 0 Å². The lowest BCUT2D eigenvalue weighted by Gasteiger charge is -2.07. The highest BCUT2D eigenvalue weighted by Gasteiger charge is 2.11. The van der Waals surface area contributed by atoms with Crippen LogP contribution in [0.3, 0.4) is 0 Å². The van der Waals surface area contributed by atoms with Crippen LogP contribution in [0.4, 0.5) is 0 Å². The maximum absolute atomic E-state index is 11.5. The molecular weight excluding hydrogens is 344 g/mol. The van der Waals surface area contributed by atoms with Crippen LogP contribution in [0.1, 0.15) is 0 Å². The largest absolute Gasteiger partial charge is 0.463 e. The summed E-state index contributed by atoms with van der Waals surface area (Å²) in [4.78, 5) is 34.2. The maximum Gasteiger partial charge on any atom is 0.332 e. The Bertz CT molecular complexity index is 388. The molecule has 0 atom stereocenters. The Hall–Kier alpha value is -1.20. The van der Waals surface area contributed by atoms with E-state index in [1.807, 2.05) is 0 Å². The van der Waals surface area contributed by atoms with E-state index in [1.165, 1.54) is 0 Å². The van der Waals surface area contributed by atoms with Crippen LogP contribution in [-0.4, -0.2) is 88.9 Å². The van der Waals surface area contributed by atoms with Crippen LogP contribution >= 0.6 is 11.8 Å². The second kappa shape index (κ2) is 14.2. The Labute approximate surface area is 144 Å². The molecule has 0 aromatic carbocycles. The van der Waals surface area contributed by atoms with E-state index in [9.17, 15) is 14.4 Å². The number of rotatable bonds is 0. The number of hydrogen-bond acceptors (Lipinski definition) is 10. The molecule has 1 rings (SSSR count). The van der Waals surface area contributed by atoms with Gasteiger partial charge in [0.25, 0.3) is 0 Å². The molecule has 1 fully saturated rings. The van der Waals surface area contributed by atoms with Gasteiger partial charge in [0.2, 0.25) is 5.12 Å². The number of hydrogen-bond donors (Lipinski definition) is 0. The van der Waals surface area contributed by atoms with Crippen LogP contribution in [0.15, 0.2) is 0 Å². The van der Waals surface area contributed by atoms with Crippen LogP contribution in [0.5, 0.6) is 0 Å². The number of thioether (sulfide) groups is 1. The summed E-state index contributed by atoms with van der Waals surface area (Å²) in [6.07, 6.45) is 0. The minimum absolute atomic E-state index is 0.0971. The first-order valence-corrected chi connectivity index (χ1v) is 8.45. The Kier molecular flexibility index (Phi) is 12.3. The van der Waals surface area contributed by atoms with Crippen molar-refractivity contribution >= 4 is 28.8 Å². The van der Waals surface area contributed by atoms with Crippen molar-refractivity contribution in [3.05, 3.63) is 0 Å². The highest BCUT2D eigenvalue weighted by molar-refractivity contribution is 8.14. The van der Waals surface area contributed by atoms with Gasteiger partial charge in [0.15, 0.2) is 0 Å². The summed E-state index contributed by atoms with van der Waals surface area (Å²) in [7, 11) is 0. The Morgan fingerprint density at radius 1 is 0.583 bits per heavy atom. The average Bonchev–Trinajstić information content (AvgIpc) is 2.56. The van der Waals surface area contributed by atoms with Crippen molar-refractivity contribution in [3.8, 4) is 0 Å². The smallest absolute Gasteiger partial charge is 0.332 e. The van der Waals surface area contributed by atoms with Gasteiger partial charge in [-0.05, 0) is 0 Å². The zero-order valence-electron chi connectivity index (χ0n) is 13.4. The minimum atomic E-state index is -0.588. The van der Waals surface area contributed by atoms with Crippen LogP contribution < -0.4 is 0 Å². The predicted octanol–water partition coefficient (Wildman–Crippen LogP) is -0.587. The highest BCUT2D eigenvalue weighted by Crippen LogP contribution is 2.03. The first-order valence-electron chi connectivity index (χ1n) is 7.46. The van der Waals surface area contributed by atoms with Gasteiger partial charge in [0.05, 0.1) is 45.4 Å². The fourth-order valence-electron chi connectivity index (χ4n) is 1.45. The fourth-order valence-corrected chi connectivity index (χ4v) is 1.98. The van der Waals surface area contributed by atoms with Crippen molar-refractivity contribution < 1.29 is 42.8 Å². The summed E-state index contributed by atoms with van der Waals surface area (Å²) < 4.78 is 30.3. The lowest BCUT2D eigenvalue weighted by Crippen LogP contribution is -2.19. The molecule has 0 unspecified atom stereocenters. The van der Waals surface area contributed by atoms with Gasteiger partial charge in [0.1, 0.15) is 26.4 Å². The van der Waals surface area contributed by atoms with Gasteiger partial charge in [-0.1, -0.05) is 11.8 Å². The van der Waals surface area contributed by atoms with Crippen LogP contribution in [0, 0.1) is 0 Å².